The zero-order chi connectivity index (χ0) is 11.3. The van der Waals surface area contributed by atoms with Crippen LogP contribution in [0.25, 0.3) is 0 Å². The largest absolute Gasteiger partial charge is 0.330 e. The summed E-state index contributed by atoms with van der Waals surface area (Å²) in [6, 6.07) is 5.50. The standard InChI is InChI=1S/C10H10FN3O/c11-9-2-1-8(5-7(9)6-13)14-10(15)3-4-12/h1-2,5H,3-4,12H2,(H,14,15). The van der Waals surface area contributed by atoms with Crippen LogP contribution >= 0.6 is 0 Å². The molecule has 0 radical (unpaired) electrons. The number of carbonyl (C=O) groups excluding carboxylic acids is 1. The number of nitrogens with zero attached hydrogens (tertiary/aromatic N) is 1. The molecule has 0 unspecified atom stereocenters. The van der Waals surface area contributed by atoms with Crippen molar-refractivity contribution in [3.05, 3.63) is 29.6 Å². The quantitative estimate of drug-likeness (QED) is 0.775. The molecule has 0 atom stereocenters. The molecule has 0 saturated heterocycles. The van der Waals surface area contributed by atoms with Gasteiger partial charge in [-0.05, 0) is 18.2 Å². The normalized spacial score (nSPS) is 9.40. The highest BCUT2D eigenvalue weighted by atomic mass is 19.1. The monoisotopic (exact) mass is 207 g/mol. The lowest BCUT2D eigenvalue weighted by Gasteiger charge is -2.04. The van der Waals surface area contributed by atoms with Gasteiger partial charge < -0.3 is 11.1 Å². The van der Waals surface area contributed by atoms with Crippen molar-refractivity contribution >= 4 is 11.6 Å². The first kappa shape index (κ1) is 11.1. The van der Waals surface area contributed by atoms with Crippen molar-refractivity contribution < 1.29 is 9.18 Å². The Labute approximate surface area is 86.5 Å². The molecule has 0 fully saturated rings. The Balaban J connectivity index is 2.80. The molecule has 5 heteroatoms. The molecule has 0 saturated carbocycles. The fraction of sp³-hybridized carbons (Fsp3) is 0.200. The second kappa shape index (κ2) is 5.08. The van der Waals surface area contributed by atoms with Gasteiger partial charge in [0, 0.05) is 18.7 Å². The van der Waals surface area contributed by atoms with Crippen LogP contribution in [0.1, 0.15) is 12.0 Å². The van der Waals surface area contributed by atoms with Gasteiger partial charge in [0.05, 0.1) is 5.56 Å². The van der Waals surface area contributed by atoms with E-state index in [1.807, 2.05) is 0 Å². The molecule has 78 valence electrons. The molecule has 0 heterocycles. The first-order valence-corrected chi connectivity index (χ1v) is 4.37. The number of nitrogens with one attached hydrogen (secondary N) is 1. The summed E-state index contributed by atoms with van der Waals surface area (Å²) >= 11 is 0. The number of hydrogen-bond acceptors (Lipinski definition) is 3. The van der Waals surface area contributed by atoms with Gasteiger partial charge in [0.1, 0.15) is 11.9 Å². The highest BCUT2D eigenvalue weighted by Gasteiger charge is 2.05. The molecule has 4 nitrogen and oxygen atoms in total. The molecule has 0 spiro atoms. The van der Waals surface area contributed by atoms with Crippen molar-refractivity contribution in [3.8, 4) is 6.07 Å². The van der Waals surface area contributed by atoms with Crippen LogP contribution in [-0.2, 0) is 4.79 Å². The average Bonchev–Trinajstić information content (AvgIpc) is 2.21. The van der Waals surface area contributed by atoms with Gasteiger partial charge in [-0.1, -0.05) is 0 Å². The van der Waals surface area contributed by atoms with Gasteiger partial charge in [0.2, 0.25) is 5.91 Å². The summed E-state index contributed by atoms with van der Waals surface area (Å²) in [6.45, 7) is 0.248. The summed E-state index contributed by atoms with van der Waals surface area (Å²) in [5.74, 6) is -0.859. The second-order valence-corrected chi connectivity index (χ2v) is 2.89. The van der Waals surface area contributed by atoms with E-state index in [0.717, 1.165) is 6.07 Å². The maximum absolute atomic E-state index is 12.9. The molecule has 1 aromatic carbocycles. The predicted molar refractivity (Wildman–Crippen MR) is 53.4 cm³/mol. The number of nitriles is 1. The number of amides is 1. The zero-order valence-corrected chi connectivity index (χ0v) is 7.96. The fourth-order valence-corrected chi connectivity index (χ4v) is 1.04. The van der Waals surface area contributed by atoms with E-state index in [4.69, 9.17) is 11.0 Å². The van der Waals surface area contributed by atoms with Crippen molar-refractivity contribution in [2.45, 2.75) is 6.42 Å². The number of anilines is 1. The smallest absolute Gasteiger partial charge is 0.225 e. The van der Waals surface area contributed by atoms with Gasteiger partial charge in [-0.3, -0.25) is 4.79 Å². The summed E-state index contributed by atoms with van der Waals surface area (Å²) in [7, 11) is 0. The van der Waals surface area contributed by atoms with Crippen LogP contribution in [0.5, 0.6) is 0 Å². The van der Waals surface area contributed by atoms with Gasteiger partial charge in [0.25, 0.3) is 0 Å². The van der Waals surface area contributed by atoms with Crippen molar-refractivity contribution in [2.24, 2.45) is 5.73 Å². The van der Waals surface area contributed by atoms with Crippen LogP contribution in [0, 0.1) is 17.1 Å². The minimum atomic E-state index is -0.602. The van der Waals surface area contributed by atoms with Crippen LogP contribution in [0.4, 0.5) is 10.1 Å². The number of carbonyl (C=O) groups is 1. The minimum Gasteiger partial charge on any atom is -0.330 e. The van der Waals surface area contributed by atoms with E-state index in [-0.39, 0.29) is 24.4 Å². The summed E-state index contributed by atoms with van der Waals surface area (Å²) < 4.78 is 12.9. The topological polar surface area (TPSA) is 78.9 Å². The van der Waals surface area contributed by atoms with Crippen molar-refractivity contribution in [3.63, 3.8) is 0 Å². The molecule has 0 aliphatic rings. The van der Waals surface area contributed by atoms with E-state index in [9.17, 15) is 9.18 Å². The van der Waals surface area contributed by atoms with E-state index in [2.05, 4.69) is 5.32 Å². The molecule has 0 bridgehead atoms. The van der Waals surface area contributed by atoms with E-state index >= 15 is 0 Å². The number of rotatable bonds is 3. The van der Waals surface area contributed by atoms with E-state index in [1.165, 1.54) is 12.1 Å². The van der Waals surface area contributed by atoms with Crippen LogP contribution in [0.3, 0.4) is 0 Å². The van der Waals surface area contributed by atoms with Crippen LogP contribution in [0.15, 0.2) is 18.2 Å². The molecule has 0 aliphatic heterocycles. The SMILES string of the molecule is N#Cc1cc(NC(=O)CCN)ccc1F. The minimum absolute atomic E-state index is 0.0967. The number of nitrogens with two attached hydrogens (primary N) is 1. The predicted octanol–water partition coefficient (Wildman–Crippen LogP) is 0.985. The third-order valence-electron chi connectivity index (χ3n) is 1.74. The second-order valence-electron chi connectivity index (χ2n) is 2.89. The Morgan fingerprint density at radius 3 is 2.93 bits per heavy atom. The van der Waals surface area contributed by atoms with Gasteiger partial charge in [-0.2, -0.15) is 5.26 Å². The lowest BCUT2D eigenvalue weighted by Crippen LogP contribution is -2.16. The first-order valence-electron chi connectivity index (χ1n) is 4.37. The molecule has 1 rings (SSSR count). The summed E-state index contributed by atoms with van der Waals surface area (Å²) in [5.41, 5.74) is 5.49. The lowest BCUT2D eigenvalue weighted by atomic mass is 10.2. The summed E-state index contributed by atoms with van der Waals surface area (Å²) in [4.78, 5) is 11.1. The van der Waals surface area contributed by atoms with Crippen molar-refractivity contribution in [1.82, 2.24) is 0 Å². The highest BCUT2D eigenvalue weighted by Crippen LogP contribution is 2.13. The zero-order valence-electron chi connectivity index (χ0n) is 7.96. The molecule has 15 heavy (non-hydrogen) atoms. The van der Waals surface area contributed by atoms with Gasteiger partial charge >= 0.3 is 0 Å². The molecule has 1 aromatic rings. The Morgan fingerprint density at radius 2 is 2.33 bits per heavy atom. The summed E-state index contributed by atoms with van der Waals surface area (Å²) in [6.07, 6.45) is 0.194. The van der Waals surface area contributed by atoms with Crippen LogP contribution in [-0.4, -0.2) is 12.5 Å². The van der Waals surface area contributed by atoms with Gasteiger partial charge in [-0.15, -0.1) is 0 Å². The Morgan fingerprint density at radius 1 is 1.60 bits per heavy atom. The van der Waals surface area contributed by atoms with E-state index in [0.29, 0.717) is 5.69 Å². The fourth-order valence-electron chi connectivity index (χ4n) is 1.04. The van der Waals surface area contributed by atoms with Crippen molar-refractivity contribution in [1.29, 1.82) is 5.26 Å². The maximum atomic E-state index is 12.9. The highest BCUT2D eigenvalue weighted by molar-refractivity contribution is 5.90. The van der Waals surface area contributed by atoms with Gasteiger partial charge in [0.15, 0.2) is 0 Å². The average molecular weight is 207 g/mol. The van der Waals surface area contributed by atoms with E-state index in [1.54, 1.807) is 6.07 Å². The summed E-state index contributed by atoms with van der Waals surface area (Å²) in [5, 5.41) is 11.1. The number of halogens is 1. The lowest BCUT2D eigenvalue weighted by molar-refractivity contribution is -0.116. The van der Waals surface area contributed by atoms with Crippen molar-refractivity contribution in [2.75, 3.05) is 11.9 Å². The Hall–Kier alpha value is -1.93. The van der Waals surface area contributed by atoms with Crippen LogP contribution in [0.2, 0.25) is 0 Å². The third-order valence-corrected chi connectivity index (χ3v) is 1.74. The maximum Gasteiger partial charge on any atom is 0.225 e. The molecule has 0 aromatic heterocycles. The molecule has 0 aliphatic carbocycles. The number of hydrogen-bond donors (Lipinski definition) is 2. The molecular weight excluding hydrogens is 197 g/mol. The Bertz CT molecular complexity index is 412. The molecular formula is C10H10FN3O. The Kier molecular flexibility index (Phi) is 3.77. The molecule has 3 N–H and O–H groups in total. The van der Waals surface area contributed by atoms with E-state index < -0.39 is 5.82 Å². The van der Waals surface area contributed by atoms with Crippen LogP contribution < -0.4 is 11.1 Å². The molecule has 1 amide bonds. The first-order chi connectivity index (χ1) is 7.17. The number of benzene rings is 1. The van der Waals surface area contributed by atoms with Gasteiger partial charge in [-0.25, -0.2) is 4.39 Å². The third kappa shape index (κ3) is 3.04.